The highest BCUT2D eigenvalue weighted by molar-refractivity contribution is 9.10. The van der Waals surface area contributed by atoms with Gasteiger partial charge in [-0.05, 0) is 42.9 Å². The molecule has 1 saturated heterocycles. The normalized spacial score (nSPS) is 18.6. The smallest absolute Gasteiger partial charge is 0.0600 e. The maximum Gasteiger partial charge on any atom is 0.0600 e. The summed E-state index contributed by atoms with van der Waals surface area (Å²) in [5.74, 6) is 0. The molecule has 0 aliphatic carbocycles. The van der Waals surface area contributed by atoms with Crippen molar-refractivity contribution < 1.29 is 0 Å². The lowest BCUT2D eigenvalue weighted by atomic mass is 9.82. The van der Waals surface area contributed by atoms with Crippen molar-refractivity contribution in [1.29, 1.82) is 0 Å². The Morgan fingerprint density at radius 3 is 2.59 bits per heavy atom. The first-order chi connectivity index (χ1) is 8.10. The van der Waals surface area contributed by atoms with Crippen molar-refractivity contribution in [3.05, 3.63) is 22.7 Å². The van der Waals surface area contributed by atoms with Crippen molar-refractivity contribution >= 4 is 27.3 Å². The molecule has 2 rings (SSSR count). The summed E-state index contributed by atoms with van der Waals surface area (Å²) < 4.78 is 1.05. The van der Waals surface area contributed by atoms with Gasteiger partial charge in [0.2, 0.25) is 0 Å². The van der Waals surface area contributed by atoms with E-state index in [2.05, 4.69) is 46.8 Å². The number of nitrogen functional groups attached to an aromatic ring is 1. The van der Waals surface area contributed by atoms with Crippen molar-refractivity contribution in [1.82, 2.24) is 0 Å². The Labute approximate surface area is 112 Å². The fourth-order valence-corrected chi connectivity index (χ4v) is 3.16. The molecule has 3 heteroatoms. The zero-order valence-electron chi connectivity index (χ0n) is 10.7. The fourth-order valence-electron chi connectivity index (χ4n) is 2.78. The molecule has 1 aliphatic rings. The monoisotopic (exact) mass is 296 g/mol. The minimum Gasteiger partial charge on any atom is -0.397 e. The Morgan fingerprint density at radius 2 is 2.06 bits per heavy atom. The lowest BCUT2D eigenvalue weighted by molar-refractivity contribution is 0.301. The Hall–Kier alpha value is -0.700. The molecular weight excluding hydrogens is 276 g/mol. The first kappa shape index (κ1) is 12.7. The van der Waals surface area contributed by atoms with Crippen LogP contribution in [-0.4, -0.2) is 13.1 Å². The Morgan fingerprint density at radius 1 is 1.35 bits per heavy atom. The molecule has 0 aromatic heterocycles. The summed E-state index contributed by atoms with van der Waals surface area (Å²) in [5.41, 5.74) is 8.67. The van der Waals surface area contributed by atoms with Gasteiger partial charge in [-0.3, -0.25) is 0 Å². The standard InChI is InChI=1S/C14H21BrN2/c1-3-14(4-2)7-8-17(10-14)13-6-5-11(15)9-12(13)16/h5-6,9H,3-4,7-8,10,16H2,1-2H3. The first-order valence-corrected chi connectivity index (χ1v) is 7.19. The van der Waals surface area contributed by atoms with Crippen molar-refractivity contribution in [3.63, 3.8) is 0 Å². The summed E-state index contributed by atoms with van der Waals surface area (Å²) in [7, 11) is 0. The number of rotatable bonds is 3. The summed E-state index contributed by atoms with van der Waals surface area (Å²) >= 11 is 3.46. The van der Waals surface area contributed by atoms with Crippen LogP contribution in [-0.2, 0) is 0 Å². The molecule has 0 unspecified atom stereocenters. The van der Waals surface area contributed by atoms with E-state index in [1.807, 2.05) is 6.07 Å². The predicted molar refractivity (Wildman–Crippen MR) is 78.4 cm³/mol. The zero-order chi connectivity index (χ0) is 12.5. The van der Waals surface area contributed by atoms with E-state index < -0.39 is 0 Å². The van der Waals surface area contributed by atoms with Gasteiger partial charge in [-0.25, -0.2) is 0 Å². The Balaban J connectivity index is 2.20. The van der Waals surface area contributed by atoms with E-state index in [1.165, 1.54) is 24.9 Å². The van der Waals surface area contributed by atoms with E-state index in [-0.39, 0.29) is 0 Å². The van der Waals surface area contributed by atoms with Crippen LogP contribution in [0.1, 0.15) is 33.1 Å². The number of hydrogen-bond donors (Lipinski definition) is 1. The van der Waals surface area contributed by atoms with Gasteiger partial charge in [0.25, 0.3) is 0 Å². The third-order valence-corrected chi connectivity index (χ3v) is 4.76. The lowest BCUT2D eigenvalue weighted by Crippen LogP contribution is -2.26. The fraction of sp³-hybridized carbons (Fsp3) is 0.571. The summed E-state index contributed by atoms with van der Waals surface area (Å²) in [6.07, 6.45) is 3.81. The van der Waals surface area contributed by atoms with Crippen molar-refractivity contribution in [2.45, 2.75) is 33.1 Å². The van der Waals surface area contributed by atoms with Gasteiger partial charge in [0.05, 0.1) is 11.4 Å². The highest BCUT2D eigenvalue weighted by Gasteiger charge is 2.35. The molecule has 2 N–H and O–H groups in total. The molecule has 0 bridgehead atoms. The van der Waals surface area contributed by atoms with Gasteiger partial charge in [-0.15, -0.1) is 0 Å². The molecule has 0 atom stereocenters. The SMILES string of the molecule is CCC1(CC)CCN(c2ccc(Br)cc2N)C1. The van der Waals surface area contributed by atoms with Crippen molar-refractivity contribution in [2.24, 2.45) is 5.41 Å². The molecule has 1 aromatic carbocycles. The Kier molecular flexibility index (Phi) is 3.67. The first-order valence-electron chi connectivity index (χ1n) is 6.40. The zero-order valence-corrected chi connectivity index (χ0v) is 12.3. The van der Waals surface area contributed by atoms with Crippen LogP contribution in [0.25, 0.3) is 0 Å². The van der Waals surface area contributed by atoms with E-state index in [9.17, 15) is 0 Å². The third kappa shape index (κ3) is 2.44. The maximum absolute atomic E-state index is 6.10. The van der Waals surface area contributed by atoms with Crippen molar-refractivity contribution in [2.75, 3.05) is 23.7 Å². The van der Waals surface area contributed by atoms with Crippen molar-refractivity contribution in [3.8, 4) is 0 Å². The molecule has 0 saturated carbocycles. The topological polar surface area (TPSA) is 29.3 Å². The van der Waals surface area contributed by atoms with Gasteiger partial charge in [0, 0.05) is 17.6 Å². The van der Waals surface area contributed by atoms with Gasteiger partial charge in [0.15, 0.2) is 0 Å². The summed E-state index contributed by atoms with van der Waals surface area (Å²) in [4.78, 5) is 2.44. The maximum atomic E-state index is 6.10. The van der Waals surface area contributed by atoms with E-state index >= 15 is 0 Å². The quantitative estimate of drug-likeness (QED) is 0.853. The molecule has 0 radical (unpaired) electrons. The molecule has 2 nitrogen and oxygen atoms in total. The van der Waals surface area contributed by atoms with Gasteiger partial charge in [0.1, 0.15) is 0 Å². The molecule has 0 spiro atoms. The molecule has 94 valence electrons. The van der Waals surface area contributed by atoms with Crippen LogP contribution in [0.3, 0.4) is 0 Å². The molecule has 1 aromatic rings. The molecule has 1 aliphatic heterocycles. The van der Waals surface area contributed by atoms with Crippen LogP contribution in [0.2, 0.25) is 0 Å². The van der Waals surface area contributed by atoms with Gasteiger partial charge in [-0.1, -0.05) is 29.8 Å². The third-order valence-electron chi connectivity index (χ3n) is 4.27. The van der Waals surface area contributed by atoms with Gasteiger partial charge < -0.3 is 10.6 Å². The van der Waals surface area contributed by atoms with E-state index in [0.717, 1.165) is 23.2 Å². The molecule has 17 heavy (non-hydrogen) atoms. The number of anilines is 2. The number of hydrogen-bond acceptors (Lipinski definition) is 2. The lowest BCUT2D eigenvalue weighted by Gasteiger charge is -2.27. The average molecular weight is 297 g/mol. The van der Waals surface area contributed by atoms with Crippen LogP contribution in [0.15, 0.2) is 22.7 Å². The molecule has 1 fully saturated rings. The number of halogens is 1. The predicted octanol–water partition coefficient (Wildman–Crippen LogP) is 4.05. The van der Waals surface area contributed by atoms with Crippen LogP contribution < -0.4 is 10.6 Å². The summed E-state index contributed by atoms with van der Waals surface area (Å²) in [5, 5.41) is 0. The molecular formula is C14H21BrN2. The van der Waals surface area contributed by atoms with Crippen LogP contribution in [0.5, 0.6) is 0 Å². The van der Waals surface area contributed by atoms with E-state index in [0.29, 0.717) is 5.41 Å². The number of benzene rings is 1. The van der Waals surface area contributed by atoms with Crippen LogP contribution >= 0.6 is 15.9 Å². The second-order valence-corrected chi connectivity index (χ2v) is 6.00. The summed E-state index contributed by atoms with van der Waals surface area (Å²) in [6.45, 7) is 6.88. The highest BCUT2D eigenvalue weighted by atomic mass is 79.9. The van der Waals surface area contributed by atoms with E-state index in [1.54, 1.807) is 0 Å². The Bertz CT molecular complexity index is 399. The van der Waals surface area contributed by atoms with Gasteiger partial charge >= 0.3 is 0 Å². The minimum atomic E-state index is 0.500. The number of nitrogens with two attached hydrogens (primary N) is 1. The molecule has 0 amide bonds. The highest BCUT2D eigenvalue weighted by Crippen LogP contribution is 2.40. The molecule has 1 heterocycles. The van der Waals surface area contributed by atoms with E-state index in [4.69, 9.17) is 5.73 Å². The van der Waals surface area contributed by atoms with Crippen LogP contribution in [0, 0.1) is 5.41 Å². The second kappa shape index (κ2) is 4.89. The van der Waals surface area contributed by atoms with Crippen LogP contribution in [0.4, 0.5) is 11.4 Å². The number of nitrogens with zero attached hydrogens (tertiary/aromatic N) is 1. The van der Waals surface area contributed by atoms with Gasteiger partial charge in [-0.2, -0.15) is 0 Å². The average Bonchev–Trinajstić information content (AvgIpc) is 2.74. The minimum absolute atomic E-state index is 0.500. The summed E-state index contributed by atoms with van der Waals surface area (Å²) in [6, 6.07) is 6.19. The largest absolute Gasteiger partial charge is 0.397 e. The second-order valence-electron chi connectivity index (χ2n) is 5.08.